The number of benzene rings is 1. The summed E-state index contributed by atoms with van der Waals surface area (Å²) < 4.78 is 0. The van der Waals surface area contributed by atoms with Crippen molar-refractivity contribution in [2.45, 2.75) is 38.5 Å². The minimum Gasteiger partial charge on any atom is -0.351 e. The van der Waals surface area contributed by atoms with E-state index in [1.165, 1.54) is 19.3 Å². The third kappa shape index (κ3) is 4.57. The second-order valence-corrected chi connectivity index (χ2v) is 5.33. The highest BCUT2D eigenvalue weighted by molar-refractivity contribution is 5.93. The lowest BCUT2D eigenvalue weighted by Gasteiger charge is -2.20. The van der Waals surface area contributed by atoms with Gasteiger partial charge in [0.15, 0.2) is 0 Å². The molecule has 0 heterocycles. The van der Waals surface area contributed by atoms with Gasteiger partial charge < -0.3 is 16.4 Å². The Morgan fingerprint density at radius 1 is 1.10 bits per heavy atom. The zero-order chi connectivity index (χ0) is 14.4. The summed E-state index contributed by atoms with van der Waals surface area (Å²) in [5, 5.41) is 5.36. The van der Waals surface area contributed by atoms with Crippen LogP contribution in [0.15, 0.2) is 24.3 Å². The van der Waals surface area contributed by atoms with Crippen LogP contribution in [-0.2, 0) is 4.79 Å². The van der Waals surface area contributed by atoms with Crippen LogP contribution >= 0.6 is 0 Å². The first-order chi connectivity index (χ1) is 9.63. The van der Waals surface area contributed by atoms with E-state index in [2.05, 4.69) is 10.6 Å². The standard InChI is InChI=1S/C15H21N3O2/c16-15(20)18-13-8-4-7-12(10-13)17-14(19)9-11-5-2-1-3-6-11/h4,7-8,10-11H,1-3,5-6,9H2,(H,17,19)(H3,16,18,20). The van der Waals surface area contributed by atoms with Gasteiger partial charge in [-0.05, 0) is 37.0 Å². The Labute approximate surface area is 118 Å². The number of carbonyl (C=O) groups is 2. The number of hydrogen-bond acceptors (Lipinski definition) is 2. The smallest absolute Gasteiger partial charge is 0.316 e. The van der Waals surface area contributed by atoms with Crippen molar-refractivity contribution in [2.75, 3.05) is 10.6 Å². The Kier molecular flexibility index (Phi) is 4.98. The summed E-state index contributed by atoms with van der Waals surface area (Å²) >= 11 is 0. The number of primary amides is 1. The molecule has 0 radical (unpaired) electrons. The van der Waals surface area contributed by atoms with Crippen molar-refractivity contribution in [3.05, 3.63) is 24.3 Å². The molecule has 0 atom stereocenters. The maximum absolute atomic E-state index is 12.0. The highest BCUT2D eigenvalue weighted by Gasteiger charge is 2.17. The van der Waals surface area contributed by atoms with Gasteiger partial charge in [-0.15, -0.1) is 0 Å². The van der Waals surface area contributed by atoms with Crippen molar-refractivity contribution in [3.63, 3.8) is 0 Å². The summed E-state index contributed by atoms with van der Waals surface area (Å²) in [6.07, 6.45) is 6.63. The molecule has 0 bridgehead atoms. The highest BCUT2D eigenvalue weighted by Crippen LogP contribution is 2.26. The molecule has 0 unspecified atom stereocenters. The molecule has 1 aliphatic carbocycles. The van der Waals surface area contributed by atoms with Crippen LogP contribution in [-0.4, -0.2) is 11.9 Å². The molecule has 0 spiro atoms. The van der Waals surface area contributed by atoms with E-state index < -0.39 is 6.03 Å². The van der Waals surface area contributed by atoms with Crippen LogP contribution in [0.1, 0.15) is 38.5 Å². The van der Waals surface area contributed by atoms with E-state index in [1.807, 2.05) is 0 Å². The van der Waals surface area contributed by atoms with Crippen molar-refractivity contribution in [2.24, 2.45) is 11.7 Å². The third-order valence-electron chi connectivity index (χ3n) is 3.61. The third-order valence-corrected chi connectivity index (χ3v) is 3.61. The molecule has 0 saturated heterocycles. The predicted octanol–water partition coefficient (Wildman–Crippen LogP) is 3.09. The van der Waals surface area contributed by atoms with Gasteiger partial charge >= 0.3 is 6.03 Å². The van der Waals surface area contributed by atoms with E-state index in [0.29, 0.717) is 23.7 Å². The van der Waals surface area contributed by atoms with E-state index >= 15 is 0 Å². The average molecular weight is 275 g/mol. The molecule has 3 amide bonds. The van der Waals surface area contributed by atoms with E-state index in [-0.39, 0.29) is 5.91 Å². The van der Waals surface area contributed by atoms with Crippen molar-refractivity contribution in [3.8, 4) is 0 Å². The minimum absolute atomic E-state index is 0.0353. The van der Waals surface area contributed by atoms with Crippen LogP contribution in [0, 0.1) is 5.92 Å². The van der Waals surface area contributed by atoms with Gasteiger partial charge in [0.25, 0.3) is 0 Å². The lowest BCUT2D eigenvalue weighted by atomic mass is 9.87. The summed E-state index contributed by atoms with van der Waals surface area (Å²) in [5.41, 5.74) is 6.32. The Morgan fingerprint density at radius 3 is 2.40 bits per heavy atom. The molecule has 2 rings (SSSR count). The molecular formula is C15H21N3O2. The van der Waals surface area contributed by atoms with Gasteiger partial charge in [-0.1, -0.05) is 25.3 Å². The van der Waals surface area contributed by atoms with Gasteiger partial charge in [0, 0.05) is 17.8 Å². The van der Waals surface area contributed by atoms with Gasteiger partial charge in [0.2, 0.25) is 5.91 Å². The molecule has 5 nitrogen and oxygen atoms in total. The van der Waals surface area contributed by atoms with Gasteiger partial charge in [-0.25, -0.2) is 4.79 Å². The number of amides is 3. The van der Waals surface area contributed by atoms with Gasteiger partial charge in [-0.2, -0.15) is 0 Å². The fourth-order valence-electron chi connectivity index (χ4n) is 2.68. The first-order valence-corrected chi connectivity index (χ1v) is 7.10. The predicted molar refractivity (Wildman–Crippen MR) is 79.5 cm³/mol. The molecule has 20 heavy (non-hydrogen) atoms. The first-order valence-electron chi connectivity index (χ1n) is 7.10. The lowest BCUT2D eigenvalue weighted by molar-refractivity contribution is -0.117. The molecule has 0 aliphatic heterocycles. The van der Waals surface area contributed by atoms with Crippen LogP contribution in [0.2, 0.25) is 0 Å². The Bertz CT molecular complexity index is 482. The minimum atomic E-state index is -0.615. The molecule has 1 aromatic carbocycles. The van der Waals surface area contributed by atoms with E-state index in [4.69, 9.17) is 5.73 Å². The van der Waals surface area contributed by atoms with Crippen molar-refractivity contribution in [1.29, 1.82) is 0 Å². The van der Waals surface area contributed by atoms with E-state index in [1.54, 1.807) is 24.3 Å². The summed E-state index contributed by atoms with van der Waals surface area (Å²) in [6, 6.07) is 6.37. The van der Waals surface area contributed by atoms with Crippen LogP contribution in [0.5, 0.6) is 0 Å². The summed E-state index contributed by atoms with van der Waals surface area (Å²) in [7, 11) is 0. The first kappa shape index (κ1) is 14.4. The van der Waals surface area contributed by atoms with Crippen LogP contribution in [0.4, 0.5) is 16.2 Å². The number of urea groups is 1. The van der Waals surface area contributed by atoms with Crippen molar-refractivity contribution in [1.82, 2.24) is 0 Å². The quantitative estimate of drug-likeness (QED) is 0.789. The van der Waals surface area contributed by atoms with Crippen LogP contribution < -0.4 is 16.4 Å². The molecule has 0 aromatic heterocycles. The second kappa shape index (κ2) is 6.93. The molecule has 1 saturated carbocycles. The normalized spacial score (nSPS) is 15.6. The maximum atomic E-state index is 12.0. The van der Waals surface area contributed by atoms with Crippen molar-refractivity contribution >= 4 is 23.3 Å². The molecule has 1 aromatic rings. The number of rotatable bonds is 4. The van der Waals surface area contributed by atoms with E-state index in [9.17, 15) is 9.59 Å². The molecule has 1 fully saturated rings. The summed E-state index contributed by atoms with van der Waals surface area (Å²) in [4.78, 5) is 22.8. The monoisotopic (exact) mass is 275 g/mol. The summed E-state index contributed by atoms with van der Waals surface area (Å²) in [6.45, 7) is 0. The highest BCUT2D eigenvalue weighted by atomic mass is 16.2. The number of carbonyl (C=O) groups excluding carboxylic acids is 2. The Morgan fingerprint density at radius 2 is 1.75 bits per heavy atom. The average Bonchev–Trinajstić information content (AvgIpc) is 2.39. The Balaban J connectivity index is 1.88. The molecule has 1 aliphatic rings. The molecule has 5 heteroatoms. The zero-order valence-corrected chi connectivity index (χ0v) is 11.5. The lowest BCUT2D eigenvalue weighted by Crippen LogP contribution is -2.20. The largest absolute Gasteiger partial charge is 0.351 e. The fourth-order valence-corrected chi connectivity index (χ4v) is 2.68. The summed E-state index contributed by atoms with van der Waals surface area (Å²) in [5.74, 6) is 0.545. The SMILES string of the molecule is NC(=O)Nc1cccc(NC(=O)CC2CCCCC2)c1. The van der Waals surface area contributed by atoms with Gasteiger partial charge in [0.1, 0.15) is 0 Å². The van der Waals surface area contributed by atoms with Gasteiger partial charge in [0.05, 0.1) is 0 Å². The number of hydrogen-bond donors (Lipinski definition) is 3. The van der Waals surface area contributed by atoms with Crippen molar-refractivity contribution < 1.29 is 9.59 Å². The molecule has 108 valence electrons. The van der Waals surface area contributed by atoms with E-state index in [0.717, 1.165) is 12.8 Å². The number of nitrogens with two attached hydrogens (primary N) is 1. The molecule has 4 N–H and O–H groups in total. The zero-order valence-electron chi connectivity index (χ0n) is 11.5. The number of nitrogens with one attached hydrogen (secondary N) is 2. The van der Waals surface area contributed by atoms with Crippen LogP contribution in [0.25, 0.3) is 0 Å². The van der Waals surface area contributed by atoms with Gasteiger partial charge in [-0.3, -0.25) is 4.79 Å². The van der Waals surface area contributed by atoms with Crippen LogP contribution in [0.3, 0.4) is 0 Å². The second-order valence-electron chi connectivity index (χ2n) is 5.33. The molecular weight excluding hydrogens is 254 g/mol. The number of anilines is 2. The fraction of sp³-hybridized carbons (Fsp3) is 0.467. The maximum Gasteiger partial charge on any atom is 0.316 e. The Hall–Kier alpha value is -2.04. The topological polar surface area (TPSA) is 84.2 Å².